The van der Waals surface area contributed by atoms with Crippen molar-refractivity contribution in [3.05, 3.63) is 95.8 Å². The smallest absolute Gasteiger partial charge is 0.303 e. The van der Waals surface area contributed by atoms with Crippen LogP contribution in [0.5, 0.6) is 11.5 Å². The molecule has 4 rings (SSSR count). The van der Waals surface area contributed by atoms with Crippen LogP contribution in [0.4, 0.5) is 4.39 Å². The number of rotatable bonds is 11. The quantitative estimate of drug-likeness (QED) is 0.256. The number of carbonyl (C=O) groups is 1. The van der Waals surface area contributed by atoms with Gasteiger partial charge in [0.25, 0.3) is 0 Å². The molecule has 0 saturated heterocycles. The van der Waals surface area contributed by atoms with E-state index in [4.69, 9.17) is 14.6 Å². The highest BCUT2D eigenvalue weighted by atomic mass is 19.1. The van der Waals surface area contributed by atoms with E-state index < -0.39 is 23.3 Å². The van der Waals surface area contributed by atoms with Crippen molar-refractivity contribution in [2.45, 2.75) is 58.7 Å². The molecule has 0 amide bonds. The zero-order valence-corrected chi connectivity index (χ0v) is 22.4. The van der Waals surface area contributed by atoms with Crippen molar-refractivity contribution in [2.75, 3.05) is 7.11 Å². The topological polar surface area (TPSA) is 76.0 Å². The summed E-state index contributed by atoms with van der Waals surface area (Å²) in [4.78, 5) is 10.8. The van der Waals surface area contributed by atoms with E-state index >= 15 is 0 Å². The zero-order chi connectivity index (χ0) is 27.7. The number of carboxylic acids is 1. The molecule has 0 aliphatic heterocycles. The molecule has 2 N–H and O–H groups in total. The number of aliphatic carboxylic acids is 1. The van der Waals surface area contributed by atoms with Crippen molar-refractivity contribution in [1.82, 2.24) is 0 Å². The molecule has 0 spiro atoms. The summed E-state index contributed by atoms with van der Waals surface area (Å²) in [7, 11) is 1.52. The molecule has 3 aromatic carbocycles. The largest absolute Gasteiger partial charge is 0.497 e. The first-order chi connectivity index (χ1) is 18.1. The summed E-state index contributed by atoms with van der Waals surface area (Å²) < 4.78 is 26.0. The van der Waals surface area contributed by atoms with Crippen LogP contribution < -0.4 is 9.47 Å². The molecule has 1 aliphatic rings. The number of aliphatic hydroxyl groups is 1. The van der Waals surface area contributed by atoms with E-state index in [2.05, 4.69) is 6.58 Å². The van der Waals surface area contributed by atoms with Crippen LogP contribution in [-0.4, -0.2) is 23.3 Å². The average molecular weight is 521 g/mol. The minimum absolute atomic E-state index is 0.0477. The van der Waals surface area contributed by atoms with Gasteiger partial charge < -0.3 is 19.7 Å². The second kappa shape index (κ2) is 13.2. The fourth-order valence-corrected chi connectivity index (χ4v) is 3.73. The molecule has 1 fully saturated rings. The van der Waals surface area contributed by atoms with E-state index in [0.29, 0.717) is 34.6 Å². The van der Waals surface area contributed by atoms with Gasteiger partial charge in [-0.1, -0.05) is 63.5 Å². The molecule has 202 valence electrons. The summed E-state index contributed by atoms with van der Waals surface area (Å²) in [6, 6.07) is 17.2. The number of halogens is 1. The van der Waals surface area contributed by atoms with Crippen molar-refractivity contribution >= 4 is 5.97 Å². The number of hydrogen-bond acceptors (Lipinski definition) is 4. The fraction of sp³-hybridized carbons (Fsp3) is 0.344. The lowest BCUT2D eigenvalue weighted by Gasteiger charge is -2.29. The minimum Gasteiger partial charge on any atom is -0.497 e. The van der Waals surface area contributed by atoms with Gasteiger partial charge in [-0.25, -0.2) is 4.39 Å². The molecule has 1 unspecified atom stereocenters. The van der Waals surface area contributed by atoms with E-state index in [1.807, 2.05) is 44.2 Å². The molecule has 0 bridgehead atoms. The average Bonchev–Trinajstić information content (AvgIpc) is 3.81. The predicted octanol–water partition coefficient (Wildman–Crippen LogP) is 7.51. The molecule has 1 saturated carbocycles. The zero-order valence-electron chi connectivity index (χ0n) is 22.4. The Kier molecular flexibility index (Phi) is 10.1. The van der Waals surface area contributed by atoms with Crippen molar-refractivity contribution in [3.63, 3.8) is 0 Å². The number of benzene rings is 3. The standard InChI is InChI=1S/C29H31FO5.C3H6/c1-5-29(2,3)28(33)25-16-20(9-12-23(25)24-17-21(34-4)11-13-26(24)30)18-35-22-8-6-7-19(15-22)10-14-27(31)32;1-2-3-1/h5-9,11-13,15-17,28,33H,1,10,14,18H2,2-4H3,(H,31,32);1-3H2. The maximum absolute atomic E-state index is 14.8. The Labute approximate surface area is 224 Å². The fourth-order valence-electron chi connectivity index (χ4n) is 3.73. The van der Waals surface area contributed by atoms with Crippen LogP contribution >= 0.6 is 0 Å². The second-order valence-corrected chi connectivity index (χ2v) is 10.1. The van der Waals surface area contributed by atoms with E-state index in [0.717, 1.165) is 11.1 Å². The monoisotopic (exact) mass is 520 g/mol. The lowest BCUT2D eigenvalue weighted by atomic mass is 9.79. The number of aryl methyl sites for hydroxylation is 1. The number of hydrogen-bond donors (Lipinski definition) is 2. The van der Waals surface area contributed by atoms with Gasteiger partial charge in [0, 0.05) is 17.4 Å². The highest BCUT2D eigenvalue weighted by Crippen LogP contribution is 2.41. The van der Waals surface area contributed by atoms with Crippen molar-refractivity contribution in [2.24, 2.45) is 5.41 Å². The summed E-state index contributed by atoms with van der Waals surface area (Å²) in [5.74, 6) is -0.139. The maximum atomic E-state index is 14.8. The van der Waals surface area contributed by atoms with Gasteiger partial charge in [0.15, 0.2) is 0 Å². The number of methoxy groups -OCH3 is 1. The summed E-state index contributed by atoms with van der Waals surface area (Å²) >= 11 is 0. The second-order valence-electron chi connectivity index (χ2n) is 10.1. The van der Waals surface area contributed by atoms with Crippen LogP contribution in [-0.2, 0) is 17.8 Å². The lowest BCUT2D eigenvalue weighted by Crippen LogP contribution is -2.20. The molecule has 6 heteroatoms. The van der Waals surface area contributed by atoms with Gasteiger partial charge in [-0.2, -0.15) is 0 Å². The SMILES string of the molecule is C1CC1.C=CC(C)(C)C(O)c1cc(COc2cccc(CCC(=O)O)c2)ccc1-c1cc(OC)ccc1F. The van der Waals surface area contributed by atoms with Crippen LogP contribution in [0.1, 0.15) is 62.3 Å². The molecule has 1 aliphatic carbocycles. The summed E-state index contributed by atoms with van der Waals surface area (Å²) in [5.41, 5.74) is 2.44. The number of aliphatic hydroxyl groups excluding tert-OH is 1. The molecule has 0 heterocycles. The predicted molar refractivity (Wildman–Crippen MR) is 148 cm³/mol. The third-order valence-electron chi connectivity index (χ3n) is 6.39. The van der Waals surface area contributed by atoms with E-state index in [-0.39, 0.29) is 13.0 Å². The van der Waals surface area contributed by atoms with Gasteiger partial charge in [-0.15, -0.1) is 6.58 Å². The first kappa shape index (κ1) is 28.9. The molecular formula is C32H37FO5. The van der Waals surface area contributed by atoms with Crippen molar-refractivity contribution in [3.8, 4) is 22.6 Å². The number of carboxylic acid groups (broad SMARTS) is 1. The van der Waals surface area contributed by atoms with Gasteiger partial charge in [0.1, 0.15) is 23.9 Å². The molecule has 5 nitrogen and oxygen atoms in total. The Bertz CT molecular complexity index is 1250. The van der Waals surface area contributed by atoms with Gasteiger partial charge in [-0.05, 0) is 65.1 Å². The van der Waals surface area contributed by atoms with Gasteiger partial charge in [-0.3, -0.25) is 4.79 Å². The number of ether oxygens (including phenoxy) is 2. The summed E-state index contributed by atoms with van der Waals surface area (Å²) in [6.07, 6.45) is 5.70. The Balaban J connectivity index is 0.00000124. The summed E-state index contributed by atoms with van der Waals surface area (Å²) in [6.45, 7) is 7.79. The molecular weight excluding hydrogens is 483 g/mol. The van der Waals surface area contributed by atoms with Gasteiger partial charge in [0.05, 0.1) is 13.2 Å². The van der Waals surface area contributed by atoms with Crippen LogP contribution in [0.3, 0.4) is 0 Å². The Morgan fingerprint density at radius 1 is 1.03 bits per heavy atom. The lowest BCUT2D eigenvalue weighted by molar-refractivity contribution is -0.136. The molecule has 3 aromatic rings. The highest BCUT2D eigenvalue weighted by Gasteiger charge is 2.29. The molecule has 38 heavy (non-hydrogen) atoms. The van der Waals surface area contributed by atoms with Crippen LogP contribution in [0.2, 0.25) is 0 Å². The molecule has 1 atom stereocenters. The van der Waals surface area contributed by atoms with Crippen molar-refractivity contribution in [1.29, 1.82) is 0 Å². The van der Waals surface area contributed by atoms with Gasteiger partial charge in [0.2, 0.25) is 0 Å². The molecule has 0 radical (unpaired) electrons. The first-order valence-corrected chi connectivity index (χ1v) is 12.9. The Morgan fingerprint density at radius 2 is 1.76 bits per heavy atom. The van der Waals surface area contributed by atoms with Crippen LogP contribution in [0, 0.1) is 11.2 Å². The van der Waals surface area contributed by atoms with Crippen LogP contribution in [0.15, 0.2) is 73.3 Å². The van der Waals surface area contributed by atoms with Crippen molar-refractivity contribution < 1.29 is 28.9 Å². The minimum atomic E-state index is -0.945. The first-order valence-electron chi connectivity index (χ1n) is 12.9. The Hall–Kier alpha value is -3.64. The third-order valence-corrected chi connectivity index (χ3v) is 6.39. The van der Waals surface area contributed by atoms with E-state index in [1.54, 1.807) is 30.3 Å². The van der Waals surface area contributed by atoms with E-state index in [1.165, 1.54) is 32.4 Å². The van der Waals surface area contributed by atoms with Gasteiger partial charge >= 0.3 is 5.97 Å². The Morgan fingerprint density at radius 3 is 2.39 bits per heavy atom. The highest BCUT2D eigenvalue weighted by molar-refractivity contribution is 5.70. The summed E-state index contributed by atoms with van der Waals surface area (Å²) in [5, 5.41) is 20.1. The van der Waals surface area contributed by atoms with E-state index in [9.17, 15) is 14.3 Å². The van der Waals surface area contributed by atoms with Crippen LogP contribution in [0.25, 0.3) is 11.1 Å². The third kappa shape index (κ3) is 8.18. The maximum Gasteiger partial charge on any atom is 0.303 e. The normalized spacial score (nSPS) is 13.1. The molecule has 0 aromatic heterocycles.